The van der Waals surface area contributed by atoms with Crippen LogP contribution in [0.3, 0.4) is 0 Å². The van der Waals surface area contributed by atoms with E-state index in [4.69, 9.17) is 0 Å². The number of hydrogen-bond acceptors (Lipinski definition) is 5. The van der Waals surface area contributed by atoms with Gasteiger partial charge in [-0.3, -0.25) is 19.6 Å². The number of aromatic nitrogens is 4. The third-order valence-electron chi connectivity index (χ3n) is 7.00. The second-order valence-electron chi connectivity index (χ2n) is 9.30. The third-order valence-corrected chi connectivity index (χ3v) is 7.00. The van der Waals surface area contributed by atoms with Gasteiger partial charge in [0, 0.05) is 74.7 Å². The highest BCUT2D eigenvalue weighted by molar-refractivity contribution is 5.96. The van der Waals surface area contributed by atoms with Crippen molar-refractivity contribution in [2.45, 2.75) is 38.8 Å². The number of nitrogens with zero attached hydrogens (tertiary/aromatic N) is 6. The van der Waals surface area contributed by atoms with Crippen LogP contribution >= 0.6 is 0 Å². The number of carbonyl (C=O) groups is 2. The zero-order valence-corrected chi connectivity index (χ0v) is 19.0. The molecule has 3 aromatic heterocycles. The van der Waals surface area contributed by atoms with Crippen molar-refractivity contribution >= 4 is 11.8 Å². The number of hydrogen-bond donors (Lipinski definition) is 0. The van der Waals surface area contributed by atoms with E-state index in [1.807, 2.05) is 34.5 Å². The molecule has 2 aliphatic rings. The Hall–Kier alpha value is -3.55. The van der Waals surface area contributed by atoms with Crippen molar-refractivity contribution in [1.29, 1.82) is 0 Å². The van der Waals surface area contributed by atoms with Gasteiger partial charge in [-0.1, -0.05) is 0 Å². The second-order valence-corrected chi connectivity index (χ2v) is 9.30. The maximum absolute atomic E-state index is 13.9. The molecule has 8 heteroatoms. The fourth-order valence-corrected chi connectivity index (χ4v) is 5.12. The average Bonchev–Trinajstić information content (AvgIpc) is 3.55. The molecule has 33 heavy (non-hydrogen) atoms. The van der Waals surface area contributed by atoms with Crippen molar-refractivity contribution in [1.82, 2.24) is 29.3 Å². The molecule has 0 saturated carbocycles. The maximum Gasteiger partial charge on any atom is 0.254 e. The summed E-state index contributed by atoms with van der Waals surface area (Å²) in [4.78, 5) is 43.7. The molecular weight excluding hydrogens is 416 g/mol. The Morgan fingerprint density at radius 3 is 2.48 bits per heavy atom. The Morgan fingerprint density at radius 1 is 1.12 bits per heavy atom. The molecule has 2 aliphatic heterocycles. The van der Waals surface area contributed by atoms with Crippen LogP contribution in [0.5, 0.6) is 0 Å². The highest BCUT2D eigenvalue weighted by Gasteiger charge is 2.58. The van der Waals surface area contributed by atoms with Crippen molar-refractivity contribution in [2.24, 2.45) is 5.41 Å². The van der Waals surface area contributed by atoms with Gasteiger partial charge in [-0.15, -0.1) is 0 Å². The SMILES string of the molecule is CC(C)n1cnc([C@H]2CN(C(=O)c3ccncc3)C[C@@]23CCN(Cc2ccncc2)C3=O)c1. The molecule has 2 fully saturated rings. The highest BCUT2D eigenvalue weighted by atomic mass is 16.2. The van der Waals surface area contributed by atoms with E-state index in [0.717, 1.165) is 11.3 Å². The van der Waals surface area contributed by atoms with Crippen molar-refractivity contribution in [3.63, 3.8) is 0 Å². The Morgan fingerprint density at radius 2 is 1.82 bits per heavy atom. The predicted molar refractivity (Wildman–Crippen MR) is 122 cm³/mol. The van der Waals surface area contributed by atoms with Crippen molar-refractivity contribution in [3.05, 3.63) is 78.4 Å². The topological polar surface area (TPSA) is 84.2 Å². The molecule has 2 saturated heterocycles. The molecule has 0 N–H and O–H groups in total. The van der Waals surface area contributed by atoms with Gasteiger partial charge in [-0.25, -0.2) is 4.98 Å². The van der Waals surface area contributed by atoms with E-state index < -0.39 is 5.41 Å². The summed E-state index contributed by atoms with van der Waals surface area (Å²) in [6.07, 6.45) is 11.3. The summed E-state index contributed by atoms with van der Waals surface area (Å²) in [5.41, 5.74) is 1.87. The Balaban J connectivity index is 1.47. The van der Waals surface area contributed by atoms with Crippen LogP contribution in [0.1, 0.15) is 53.8 Å². The first kappa shape index (κ1) is 21.3. The number of amides is 2. The summed E-state index contributed by atoms with van der Waals surface area (Å²) >= 11 is 0. The molecule has 0 unspecified atom stereocenters. The lowest BCUT2D eigenvalue weighted by Gasteiger charge is -2.28. The number of imidazole rings is 1. The summed E-state index contributed by atoms with van der Waals surface area (Å²) in [6.45, 7) is 6.30. The van der Waals surface area contributed by atoms with Crippen molar-refractivity contribution in [2.75, 3.05) is 19.6 Å². The van der Waals surface area contributed by atoms with Crippen LogP contribution in [0, 0.1) is 5.41 Å². The predicted octanol–water partition coefficient (Wildman–Crippen LogP) is 2.91. The first-order chi connectivity index (χ1) is 16.0. The molecule has 170 valence electrons. The van der Waals surface area contributed by atoms with E-state index in [-0.39, 0.29) is 23.8 Å². The minimum Gasteiger partial charge on any atom is -0.338 e. The Bertz CT molecular complexity index is 1150. The summed E-state index contributed by atoms with van der Waals surface area (Å²) < 4.78 is 2.06. The summed E-state index contributed by atoms with van der Waals surface area (Å²) in [7, 11) is 0. The largest absolute Gasteiger partial charge is 0.338 e. The monoisotopic (exact) mass is 444 g/mol. The minimum absolute atomic E-state index is 0.0667. The van der Waals surface area contributed by atoms with Crippen LogP contribution < -0.4 is 0 Å². The normalized spacial score (nSPS) is 22.6. The van der Waals surface area contributed by atoms with Gasteiger partial charge in [0.05, 0.1) is 17.4 Å². The number of pyridine rings is 2. The molecule has 5 rings (SSSR count). The van der Waals surface area contributed by atoms with E-state index >= 15 is 0 Å². The summed E-state index contributed by atoms with van der Waals surface area (Å²) in [6, 6.07) is 7.60. The lowest BCUT2D eigenvalue weighted by Crippen LogP contribution is -2.40. The lowest BCUT2D eigenvalue weighted by atomic mass is 9.75. The zero-order valence-electron chi connectivity index (χ0n) is 19.0. The van der Waals surface area contributed by atoms with Gasteiger partial charge in [0.25, 0.3) is 5.91 Å². The highest BCUT2D eigenvalue weighted by Crippen LogP contribution is 2.50. The van der Waals surface area contributed by atoms with E-state index in [0.29, 0.717) is 38.2 Å². The van der Waals surface area contributed by atoms with Gasteiger partial charge in [-0.05, 0) is 50.1 Å². The first-order valence-electron chi connectivity index (χ1n) is 11.4. The molecule has 3 aromatic rings. The quantitative estimate of drug-likeness (QED) is 0.604. The smallest absolute Gasteiger partial charge is 0.254 e. The zero-order chi connectivity index (χ0) is 23.0. The molecule has 2 amide bonds. The summed E-state index contributed by atoms with van der Waals surface area (Å²) in [5, 5.41) is 0. The minimum atomic E-state index is -0.661. The van der Waals surface area contributed by atoms with E-state index in [2.05, 4.69) is 33.4 Å². The second kappa shape index (κ2) is 8.42. The van der Waals surface area contributed by atoms with Gasteiger partial charge in [0.2, 0.25) is 5.91 Å². The van der Waals surface area contributed by atoms with Gasteiger partial charge < -0.3 is 14.4 Å². The Labute approximate surface area is 193 Å². The molecule has 0 aliphatic carbocycles. The molecule has 0 radical (unpaired) electrons. The Kier molecular flexibility index (Phi) is 5.44. The van der Waals surface area contributed by atoms with Gasteiger partial charge in [0.15, 0.2) is 0 Å². The van der Waals surface area contributed by atoms with Crippen LogP contribution in [0.15, 0.2) is 61.6 Å². The molecule has 5 heterocycles. The number of likely N-dealkylation sites (tertiary alicyclic amines) is 2. The molecule has 2 atom stereocenters. The number of rotatable bonds is 5. The van der Waals surface area contributed by atoms with Gasteiger partial charge in [-0.2, -0.15) is 0 Å². The molecular formula is C25H28N6O2. The van der Waals surface area contributed by atoms with Crippen LogP contribution in [-0.2, 0) is 11.3 Å². The standard InChI is InChI=1S/C25H28N6O2/c1-18(2)31-15-22(28-17-31)21-14-30(23(32)20-5-10-27-11-6-20)16-25(21)7-12-29(24(25)33)13-19-3-8-26-9-4-19/h3-6,8-11,15,17-18,21H,7,12-14,16H2,1-2H3/t21-,25+/m1/s1. The molecule has 0 aromatic carbocycles. The van der Waals surface area contributed by atoms with Gasteiger partial charge in [0.1, 0.15) is 0 Å². The third kappa shape index (κ3) is 3.79. The van der Waals surface area contributed by atoms with E-state index in [1.165, 1.54) is 0 Å². The van der Waals surface area contributed by atoms with Crippen molar-refractivity contribution < 1.29 is 9.59 Å². The van der Waals surface area contributed by atoms with Crippen LogP contribution in [0.4, 0.5) is 0 Å². The van der Waals surface area contributed by atoms with Gasteiger partial charge >= 0.3 is 0 Å². The van der Waals surface area contributed by atoms with Crippen molar-refractivity contribution in [3.8, 4) is 0 Å². The molecule has 8 nitrogen and oxygen atoms in total. The van der Waals surface area contributed by atoms with Crippen LogP contribution in [-0.4, -0.2) is 60.8 Å². The first-order valence-corrected chi connectivity index (χ1v) is 11.4. The molecule has 0 bridgehead atoms. The van der Waals surface area contributed by atoms with Crippen LogP contribution in [0.2, 0.25) is 0 Å². The maximum atomic E-state index is 13.9. The van der Waals surface area contributed by atoms with E-state index in [1.54, 1.807) is 36.9 Å². The average molecular weight is 445 g/mol. The fraction of sp³-hybridized carbons (Fsp3) is 0.400. The molecule has 1 spiro atoms. The fourth-order valence-electron chi connectivity index (χ4n) is 5.12. The van der Waals surface area contributed by atoms with Crippen LogP contribution in [0.25, 0.3) is 0 Å². The van der Waals surface area contributed by atoms with E-state index in [9.17, 15) is 9.59 Å². The lowest BCUT2D eigenvalue weighted by molar-refractivity contribution is -0.136. The number of carbonyl (C=O) groups excluding carboxylic acids is 2. The summed E-state index contributed by atoms with van der Waals surface area (Å²) in [5.74, 6) is -0.102.